The molecule has 0 bridgehead atoms. The summed E-state index contributed by atoms with van der Waals surface area (Å²) in [6.45, 7) is 2.16. The lowest BCUT2D eigenvalue weighted by Crippen LogP contribution is -2.50. The van der Waals surface area contributed by atoms with Crippen molar-refractivity contribution < 1.29 is 19.1 Å². The largest absolute Gasteiger partial charge is 0.496 e. The highest BCUT2D eigenvalue weighted by Gasteiger charge is 2.23. The van der Waals surface area contributed by atoms with E-state index in [0.29, 0.717) is 43.1 Å². The number of hydrogen-bond donors (Lipinski definition) is 0. The SMILES string of the molecule is COc1ccccc1/C=C(/C(=O)OCC(=O)N1CCN(c2ccccn2)CC1)c1ccccc1. The van der Waals surface area contributed by atoms with E-state index in [9.17, 15) is 9.59 Å². The van der Waals surface area contributed by atoms with Gasteiger partial charge >= 0.3 is 5.97 Å². The summed E-state index contributed by atoms with van der Waals surface area (Å²) in [7, 11) is 1.58. The fraction of sp³-hybridized carbons (Fsp3) is 0.222. The summed E-state index contributed by atoms with van der Waals surface area (Å²) in [5.41, 5.74) is 1.81. The Kier molecular flexibility index (Phi) is 7.55. The molecule has 1 amide bonds. The van der Waals surface area contributed by atoms with Gasteiger partial charge in [-0.05, 0) is 29.8 Å². The summed E-state index contributed by atoms with van der Waals surface area (Å²) in [5, 5.41) is 0. The predicted molar refractivity (Wildman–Crippen MR) is 131 cm³/mol. The van der Waals surface area contributed by atoms with Crippen LogP contribution >= 0.6 is 0 Å². The van der Waals surface area contributed by atoms with Crippen LogP contribution in [0.3, 0.4) is 0 Å². The van der Waals surface area contributed by atoms with Gasteiger partial charge in [0.1, 0.15) is 11.6 Å². The molecule has 174 valence electrons. The molecular formula is C27H27N3O4. The average Bonchev–Trinajstić information content (AvgIpc) is 2.91. The smallest absolute Gasteiger partial charge is 0.339 e. The Hall–Kier alpha value is -4.13. The number of carbonyl (C=O) groups excluding carboxylic acids is 2. The number of aromatic nitrogens is 1. The van der Waals surface area contributed by atoms with Crippen LogP contribution in [0.5, 0.6) is 5.75 Å². The van der Waals surface area contributed by atoms with E-state index in [1.54, 1.807) is 24.3 Å². The number of ether oxygens (including phenoxy) is 2. The third-order valence-corrected chi connectivity index (χ3v) is 5.68. The first kappa shape index (κ1) is 23.0. The number of rotatable bonds is 7. The maximum absolute atomic E-state index is 13.1. The van der Waals surface area contributed by atoms with Gasteiger partial charge in [0.15, 0.2) is 6.61 Å². The third-order valence-electron chi connectivity index (χ3n) is 5.68. The number of anilines is 1. The highest BCUT2D eigenvalue weighted by atomic mass is 16.5. The monoisotopic (exact) mass is 457 g/mol. The van der Waals surface area contributed by atoms with E-state index in [4.69, 9.17) is 9.47 Å². The molecule has 2 heterocycles. The molecule has 2 aromatic carbocycles. The quantitative estimate of drug-likeness (QED) is 0.307. The van der Waals surface area contributed by atoms with Gasteiger partial charge in [0.05, 0.1) is 12.7 Å². The standard InChI is InChI=1S/C27H27N3O4/c1-33-24-12-6-5-11-22(24)19-23(21-9-3-2-4-10-21)27(32)34-20-26(31)30-17-15-29(16-18-30)25-13-7-8-14-28-25/h2-14,19H,15-18,20H2,1H3/b23-19+. The second-order valence-corrected chi connectivity index (χ2v) is 7.80. The zero-order valence-corrected chi connectivity index (χ0v) is 19.1. The van der Waals surface area contributed by atoms with Gasteiger partial charge in [0.25, 0.3) is 5.91 Å². The fourth-order valence-electron chi connectivity index (χ4n) is 3.84. The summed E-state index contributed by atoms with van der Waals surface area (Å²) in [4.78, 5) is 34.0. The Morgan fingerprint density at radius 3 is 2.32 bits per heavy atom. The van der Waals surface area contributed by atoms with Gasteiger partial charge in [-0.1, -0.05) is 54.6 Å². The van der Waals surface area contributed by atoms with Gasteiger partial charge in [0, 0.05) is 37.9 Å². The number of para-hydroxylation sites is 1. The molecule has 0 radical (unpaired) electrons. The number of pyridine rings is 1. The van der Waals surface area contributed by atoms with E-state index in [-0.39, 0.29) is 12.5 Å². The van der Waals surface area contributed by atoms with Crippen LogP contribution in [0.2, 0.25) is 0 Å². The summed E-state index contributed by atoms with van der Waals surface area (Å²) >= 11 is 0. The molecule has 1 fully saturated rings. The Balaban J connectivity index is 1.41. The van der Waals surface area contributed by atoms with Crippen molar-refractivity contribution in [3.8, 4) is 5.75 Å². The number of piperazine rings is 1. The van der Waals surface area contributed by atoms with Crippen molar-refractivity contribution in [2.75, 3.05) is 44.8 Å². The molecule has 1 aliphatic rings. The van der Waals surface area contributed by atoms with E-state index in [1.165, 1.54) is 0 Å². The van der Waals surface area contributed by atoms with Crippen LogP contribution in [0.4, 0.5) is 5.82 Å². The lowest BCUT2D eigenvalue weighted by atomic mass is 10.0. The van der Waals surface area contributed by atoms with Gasteiger partial charge in [-0.25, -0.2) is 9.78 Å². The van der Waals surface area contributed by atoms with Crippen molar-refractivity contribution in [3.63, 3.8) is 0 Å². The number of esters is 1. The number of nitrogens with zero attached hydrogens (tertiary/aromatic N) is 3. The van der Waals surface area contributed by atoms with Gasteiger partial charge in [0.2, 0.25) is 0 Å². The summed E-state index contributed by atoms with van der Waals surface area (Å²) in [5.74, 6) is 0.775. The van der Waals surface area contributed by atoms with Crippen molar-refractivity contribution >= 4 is 29.3 Å². The molecule has 0 atom stereocenters. The molecule has 1 aromatic heterocycles. The zero-order chi connectivity index (χ0) is 23.8. The maximum atomic E-state index is 13.1. The Morgan fingerprint density at radius 1 is 0.912 bits per heavy atom. The van der Waals surface area contributed by atoms with E-state index in [1.807, 2.05) is 72.8 Å². The van der Waals surface area contributed by atoms with E-state index < -0.39 is 5.97 Å². The second-order valence-electron chi connectivity index (χ2n) is 7.80. The molecule has 34 heavy (non-hydrogen) atoms. The third kappa shape index (κ3) is 5.61. The van der Waals surface area contributed by atoms with Gasteiger partial charge < -0.3 is 19.3 Å². The molecule has 1 aliphatic heterocycles. The first-order chi connectivity index (χ1) is 16.7. The van der Waals surface area contributed by atoms with Gasteiger partial charge in [-0.3, -0.25) is 4.79 Å². The molecule has 0 saturated carbocycles. The summed E-state index contributed by atoms with van der Waals surface area (Å²) in [6, 6.07) is 22.5. The Bertz CT molecular complexity index is 1140. The zero-order valence-electron chi connectivity index (χ0n) is 19.1. The number of benzene rings is 2. The van der Waals surface area contributed by atoms with Crippen molar-refractivity contribution in [2.24, 2.45) is 0 Å². The molecule has 7 heteroatoms. The molecule has 0 N–H and O–H groups in total. The number of carbonyl (C=O) groups is 2. The number of methoxy groups -OCH3 is 1. The molecule has 3 aromatic rings. The highest BCUT2D eigenvalue weighted by molar-refractivity contribution is 6.22. The molecule has 0 spiro atoms. The molecule has 7 nitrogen and oxygen atoms in total. The Morgan fingerprint density at radius 2 is 1.62 bits per heavy atom. The lowest BCUT2D eigenvalue weighted by molar-refractivity contribution is -0.147. The molecule has 4 rings (SSSR count). The van der Waals surface area contributed by atoms with E-state index >= 15 is 0 Å². The number of hydrogen-bond acceptors (Lipinski definition) is 6. The van der Waals surface area contributed by atoms with Crippen molar-refractivity contribution in [1.82, 2.24) is 9.88 Å². The maximum Gasteiger partial charge on any atom is 0.339 e. The van der Waals surface area contributed by atoms with E-state index in [0.717, 1.165) is 11.4 Å². The molecule has 1 saturated heterocycles. The Labute approximate surface area is 199 Å². The minimum absolute atomic E-state index is 0.210. The van der Waals surface area contributed by atoms with Crippen LogP contribution in [0.15, 0.2) is 79.0 Å². The van der Waals surface area contributed by atoms with Crippen molar-refractivity contribution in [3.05, 3.63) is 90.1 Å². The van der Waals surface area contributed by atoms with Crippen molar-refractivity contribution in [2.45, 2.75) is 0 Å². The average molecular weight is 458 g/mol. The van der Waals surface area contributed by atoms with Crippen molar-refractivity contribution in [1.29, 1.82) is 0 Å². The predicted octanol–water partition coefficient (Wildman–Crippen LogP) is 3.52. The van der Waals surface area contributed by atoms with Crippen LogP contribution < -0.4 is 9.64 Å². The van der Waals surface area contributed by atoms with Crippen LogP contribution in [0, 0.1) is 0 Å². The normalized spacial score (nSPS) is 14.0. The van der Waals surface area contributed by atoms with Gasteiger partial charge in [-0.2, -0.15) is 0 Å². The van der Waals surface area contributed by atoms with Gasteiger partial charge in [-0.15, -0.1) is 0 Å². The first-order valence-corrected chi connectivity index (χ1v) is 11.2. The van der Waals surface area contributed by atoms with E-state index in [2.05, 4.69) is 9.88 Å². The first-order valence-electron chi connectivity index (χ1n) is 11.2. The summed E-state index contributed by atoms with van der Waals surface area (Å²) < 4.78 is 10.9. The fourth-order valence-corrected chi connectivity index (χ4v) is 3.84. The number of amides is 1. The molecule has 0 aliphatic carbocycles. The van der Waals surface area contributed by atoms with Crippen LogP contribution in [-0.2, 0) is 14.3 Å². The minimum Gasteiger partial charge on any atom is -0.496 e. The lowest BCUT2D eigenvalue weighted by Gasteiger charge is -2.35. The summed E-state index contributed by atoms with van der Waals surface area (Å²) in [6.07, 6.45) is 3.49. The highest BCUT2D eigenvalue weighted by Crippen LogP contribution is 2.25. The molecular weight excluding hydrogens is 430 g/mol. The van der Waals surface area contributed by atoms with Crippen LogP contribution in [-0.4, -0.2) is 61.7 Å². The van der Waals surface area contributed by atoms with Crippen LogP contribution in [0.1, 0.15) is 11.1 Å². The second kappa shape index (κ2) is 11.1. The topological polar surface area (TPSA) is 72.0 Å². The molecule has 0 unspecified atom stereocenters. The minimum atomic E-state index is -0.558. The van der Waals surface area contributed by atoms with Crippen LogP contribution in [0.25, 0.3) is 11.6 Å².